The second-order valence-electron chi connectivity index (χ2n) is 4.20. The SMILES string of the molecule is O=Cc1ccc(NCCCn2cccn2)c([N+](=O)[O-])c1. The fourth-order valence-electron chi connectivity index (χ4n) is 1.82. The van der Waals surface area contributed by atoms with Crippen LogP contribution in [0, 0.1) is 10.1 Å². The van der Waals surface area contributed by atoms with Crippen LogP contribution in [0.15, 0.2) is 36.7 Å². The normalized spacial score (nSPS) is 10.2. The number of nitrogens with zero attached hydrogens (tertiary/aromatic N) is 3. The molecule has 7 nitrogen and oxygen atoms in total. The van der Waals surface area contributed by atoms with Gasteiger partial charge in [-0.3, -0.25) is 19.6 Å². The number of aromatic nitrogens is 2. The zero-order valence-corrected chi connectivity index (χ0v) is 10.7. The van der Waals surface area contributed by atoms with E-state index in [4.69, 9.17) is 0 Å². The highest BCUT2D eigenvalue weighted by Crippen LogP contribution is 2.24. The first-order valence-corrected chi connectivity index (χ1v) is 6.15. The van der Waals surface area contributed by atoms with Crippen molar-refractivity contribution in [2.24, 2.45) is 0 Å². The van der Waals surface area contributed by atoms with Crippen LogP contribution in [0.1, 0.15) is 16.8 Å². The lowest BCUT2D eigenvalue weighted by molar-refractivity contribution is -0.384. The summed E-state index contributed by atoms with van der Waals surface area (Å²) in [6, 6.07) is 6.21. The largest absolute Gasteiger partial charge is 0.379 e. The molecule has 2 aromatic rings. The van der Waals surface area contributed by atoms with Crippen LogP contribution in [0.5, 0.6) is 0 Å². The summed E-state index contributed by atoms with van der Waals surface area (Å²) in [6.45, 7) is 1.32. The summed E-state index contributed by atoms with van der Waals surface area (Å²) in [7, 11) is 0. The standard InChI is InChI=1S/C13H14N4O3/c18-10-11-3-4-12(13(9-11)17(19)20)14-5-1-7-16-8-2-6-15-16/h2-4,6,8-10,14H,1,5,7H2. The second-order valence-corrected chi connectivity index (χ2v) is 4.20. The Kier molecular flexibility index (Phi) is 4.43. The molecule has 0 unspecified atom stereocenters. The molecule has 1 heterocycles. The van der Waals surface area contributed by atoms with E-state index in [0.29, 0.717) is 24.1 Å². The van der Waals surface area contributed by atoms with Crippen LogP contribution in [0.3, 0.4) is 0 Å². The van der Waals surface area contributed by atoms with Gasteiger partial charge < -0.3 is 5.32 Å². The third kappa shape index (κ3) is 3.41. The maximum absolute atomic E-state index is 10.9. The number of benzene rings is 1. The van der Waals surface area contributed by atoms with Crippen molar-refractivity contribution in [3.63, 3.8) is 0 Å². The summed E-state index contributed by atoms with van der Waals surface area (Å²) in [5.74, 6) is 0. The second kappa shape index (κ2) is 6.46. The maximum Gasteiger partial charge on any atom is 0.293 e. The monoisotopic (exact) mass is 274 g/mol. The lowest BCUT2D eigenvalue weighted by Gasteiger charge is -2.07. The van der Waals surface area contributed by atoms with Gasteiger partial charge in [-0.05, 0) is 24.6 Å². The molecule has 0 aliphatic carbocycles. The number of hydrogen-bond donors (Lipinski definition) is 1. The van der Waals surface area contributed by atoms with Crippen molar-refractivity contribution >= 4 is 17.7 Å². The smallest absolute Gasteiger partial charge is 0.293 e. The number of anilines is 1. The van der Waals surface area contributed by atoms with Crippen LogP contribution in [0.25, 0.3) is 0 Å². The summed E-state index contributed by atoms with van der Waals surface area (Å²) < 4.78 is 1.80. The third-order valence-electron chi connectivity index (χ3n) is 2.79. The highest BCUT2D eigenvalue weighted by molar-refractivity contribution is 5.79. The number of hydrogen-bond acceptors (Lipinski definition) is 5. The van der Waals surface area contributed by atoms with E-state index in [9.17, 15) is 14.9 Å². The highest BCUT2D eigenvalue weighted by Gasteiger charge is 2.13. The minimum absolute atomic E-state index is 0.0892. The molecule has 0 saturated heterocycles. The molecule has 0 spiro atoms. The van der Waals surface area contributed by atoms with E-state index in [-0.39, 0.29) is 5.69 Å². The summed E-state index contributed by atoms with van der Waals surface area (Å²) in [6.07, 6.45) is 4.94. The summed E-state index contributed by atoms with van der Waals surface area (Å²) in [5, 5.41) is 18.0. The van der Waals surface area contributed by atoms with E-state index in [2.05, 4.69) is 10.4 Å². The lowest BCUT2D eigenvalue weighted by Crippen LogP contribution is -2.08. The quantitative estimate of drug-likeness (QED) is 0.361. The first-order valence-electron chi connectivity index (χ1n) is 6.15. The number of aldehydes is 1. The zero-order valence-electron chi connectivity index (χ0n) is 10.7. The lowest BCUT2D eigenvalue weighted by atomic mass is 10.2. The van der Waals surface area contributed by atoms with Crippen molar-refractivity contribution < 1.29 is 9.72 Å². The Balaban J connectivity index is 1.94. The van der Waals surface area contributed by atoms with Crippen molar-refractivity contribution in [3.8, 4) is 0 Å². The molecule has 0 fully saturated rings. The predicted octanol–water partition coefficient (Wildman–Crippen LogP) is 2.11. The van der Waals surface area contributed by atoms with Crippen LogP contribution in [-0.2, 0) is 6.54 Å². The number of nitro benzene ring substituents is 1. The molecule has 2 rings (SSSR count). The van der Waals surface area contributed by atoms with Crippen LogP contribution >= 0.6 is 0 Å². The van der Waals surface area contributed by atoms with Crippen molar-refractivity contribution in [1.29, 1.82) is 0 Å². The molecule has 1 aromatic carbocycles. The Hall–Kier alpha value is -2.70. The molecule has 20 heavy (non-hydrogen) atoms. The highest BCUT2D eigenvalue weighted by atomic mass is 16.6. The number of rotatable bonds is 7. The number of aryl methyl sites for hydroxylation is 1. The van der Waals surface area contributed by atoms with Crippen molar-refractivity contribution in [2.75, 3.05) is 11.9 Å². The summed E-state index contributed by atoms with van der Waals surface area (Å²) >= 11 is 0. The number of nitrogens with one attached hydrogen (secondary N) is 1. The zero-order chi connectivity index (χ0) is 14.4. The average Bonchev–Trinajstić information content (AvgIpc) is 2.96. The van der Waals surface area contributed by atoms with Gasteiger partial charge in [-0.25, -0.2) is 0 Å². The molecular formula is C13H14N4O3. The summed E-state index contributed by atoms with van der Waals surface area (Å²) in [5.41, 5.74) is 0.619. The van der Waals surface area contributed by atoms with Gasteiger partial charge in [-0.15, -0.1) is 0 Å². The van der Waals surface area contributed by atoms with Crippen LogP contribution in [0.2, 0.25) is 0 Å². The summed E-state index contributed by atoms with van der Waals surface area (Å²) in [4.78, 5) is 21.1. The van der Waals surface area contributed by atoms with E-state index in [1.54, 1.807) is 23.0 Å². The van der Waals surface area contributed by atoms with E-state index < -0.39 is 4.92 Å². The van der Waals surface area contributed by atoms with Gasteiger partial charge >= 0.3 is 0 Å². The molecule has 0 bridgehead atoms. The van der Waals surface area contributed by atoms with Gasteiger partial charge in [0, 0.05) is 37.1 Å². The average molecular weight is 274 g/mol. The van der Waals surface area contributed by atoms with E-state index in [1.165, 1.54) is 6.07 Å². The Morgan fingerprint density at radius 1 is 1.45 bits per heavy atom. The first-order chi connectivity index (χ1) is 9.70. The van der Waals surface area contributed by atoms with Gasteiger partial charge in [0.05, 0.1) is 4.92 Å². The van der Waals surface area contributed by atoms with E-state index >= 15 is 0 Å². The molecule has 1 aromatic heterocycles. The molecule has 0 radical (unpaired) electrons. The Morgan fingerprint density at radius 2 is 2.30 bits per heavy atom. The topological polar surface area (TPSA) is 90.1 Å². The Bertz CT molecular complexity index is 596. The van der Waals surface area contributed by atoms with Crippen LogP contribution in [-0.4, -0.2) is 27.5 Å². The van der Waals surface area contributed by atoms with Gasteiger partial charge in [0.15, 0.2) is 0 Å². The Morgan fingerprint density at radius 3 is 2.95 bits per heavy atom. The molecule has 1 N–H and O–H groups in total. The Labute approximate surface area is 115 Å². The first kappa shape index (κ1) is 13.7. The minimum Gasteiger partial charge on any atom is -0.379 e. The predicted molar refractivity (Wildman–Crippen MR) is 73.8 cm³/mol. The molecular weight excluding hydrogens is 260 g/mol. The molecule has 0 aliphatic rings. The molecule has 0 amide bonds. The maximum atomic E-state index is 10.9. The van der Waals surface area contributed by atoms with E-state index in [0.717, 1.165) is 13.0 Å². The fraction of sp³-hybridized carbons (Fsp3) is 0.231. The fourth-order valence-corrected chi connectivity index (χ4v) is 1.82. The molecule has 104 valence electrons. The number of nitro groups is 1. The minimum atomic E-state index is -0.497. The van der Waals surface area contributed by atoms with Gasteiger partial charge in [-0.2, -0.15) is 5.10 Å². The van der Waals surface area contributed by atoms with Gasteiger partial charge in [-0.1, -0.05) is 0 Å². The number of carbonyl (C=O) groups excluding carboxylic acids is 1. The molecule has 7 heteroatoms. The van der Waals surface area contributed by atoms with Gasteiger partial charge in [0.25, 0.3) is 5.69 Å². The van der Waals surface area contributed by atoms with Crippen molar-refractivity contribution in [1.82, 2.24) is 9.78 Å². The van der Waals surface area contributed by atoms with Crippen LogP contribution in [0.4, 0.5) is 11.4 Å². The van der Waals surface area contributed by atoms with E-state index in [1.807, 2.05) is 12.3 Å². The third-order valence-corrected chi connectivity index (χ3v) is 2.79. The van der Waals surface area contributed by atoms with Crippen molar-refractivity contribution in [2.45, 2.75) is 13.0 Å². The molecule has 0 atom stereocenters. The van der Waals surface area contributed by atoms with Crippen molar-refractivity contribution in [3.05, 3.63) is 52.3 Å². The van der Waals surface area contributed by atoms with Gasteiger partial charge in [0.1, 0.15) is 12.0 Å². The molecule has 0 aliphatic heterocycles. The molecule has 0 saturated carbocycles. The number of carbonyl (C=O) groups is 1. The van der Waals surface area contributed by atoms with Crippen LogP contribution < -0.4 is 5.32 Å². The van der Waals surface area contributed by atoms with Gasteiger partial charge in [0.2, 0.25) is 0 Å².